The van der Waals surface area contributed by atoms with Crippen LogP contribution >= 0.6 is 0 Å². The predicted molar refractivity (Wildman–Crippen MR) is 83.5 cm³/mol. The van der Waals surface area contributed by atoms with Gasteiger partial charge in [-0.05, 0) is 38.0 Å². The number of carbonyl (C=O) groups excluding carboxylic acids is 1. The van der Waals surface area contributed by atoms with Gasteiger partial charge in [-0.15, -0.1) is 0 Å². The number of hydrogen-bond donors (Lipinski definition) is 1. The van der Waals surface area contributed by atoms with Gasteiger partial charge in [0.1, 0.15) is 6.10 Å². The van der Waals surface area contributed by atoms with E-state index in [1.807, 2.05) is 6.92 Å². The number of hydrogen-bond acceptors (Lipinski definition) is 3. The Morgan fingerprint density at radius 3 is 2.68 bits per heavy atom. The van der Waals surface area contributed by atoms with Gasteiger partial charge in [-0.25, -0.2) is 0 Å². The summed E-state index contributed by atoms with van der Waals surface area (Å²) in [4.78, 5) is 25.5. The molecule has 1 saturated carbocycles. The lowest BCUT2D eigenvalue weighted by atomic mass is 9.88. The second kappa shape index (κ2) is 7.95. The fourth-order valence-corrected chi connectivity index (χ4v) is 3.65. The monoisotopic (exact) mass is 311 g/mol. The van der Waals surface area contributed by atoms with Crippen molar-refractivity contribution in [2.24, 2.45) is 11.8 Å². The van der Waals surface area contributed by atoms with Crippen molar-refractivity contribution in [3.05, 3.63) is 0 Å². The van der Waals surface area contributed by atoms with Crippen LogP contribution in [0.3, 0.4) is 0 Å². The normalized spacial score (nSPS) is 30.8. The van der Waals surface area contributed by atoms with Gasteiger partial charge in [0, 0.05) is 13.1 Å². The summed E-state index contributed by atoms with van der Waals surface area (Å²) >= 11 is 0. The quantitative estimate of drug-likeness (QED) is 0.847. The van der Waals surface area contributed by atoms with E-state index in [-0.39, 0.29) is 12.0 Å². The molecule has 22 heavy (non-hydrogen) atoms. The molecule has 1 heterocycles. The lowest BCUT2D eigenvalue weighted by Gasteiger charge is -2.35. The number of rotatable bonds is 5. The molecule has 5 heteroatoms. The molecule has 2 fully saturated rings. The third-order valence-electron chi connectivity index (χ3n) is 4.97. The second-order valence-corrected chi connectivity index (χ2v) is 6.89. The molecular formula is C17H29NO4. The molecule has 1 aliphatic carbocycles. The zero-order valence-corrected chi connectivity index (χ0v) is 13.8. The fourth-order valence-electron chi connectivity index (χ4n) is 3.65. The minimum Gasteiger partial charge on any atom is -0.481 e. The number of aliphatic carboxylic acids is 1. The van der Waals surface area contributed by atoms with Crippen LogP contribution in [0.4, 0.5) is 0 Å². The number of carboxylic acid groups (broad SMARTS) is 1. The van der Waals surface area contributed by atoms with Crippen LogP contribution in [0.15, 0.2) is 0 Å². The molecule has 0 spiro atoms. The van der Waals surface area contributed by atoms with Gasteiger partial charge in [0.25, 0.3) is 5.91 Å². The van der Waals surface area contributed by atoms with Crippen molar-refractivity contribution < 1.29 is 19.4 Å². The van der Waals surface area contributed by atoms with Crippen LogP contribution in [0, 0.1) is 11.8 Å². The fraction of sp³-hybridized carbons (Fsp3) is 0.882. The summed E-state index contributed by atoms with van der Waals surface area (Å²) in [5.41, 5.74) is 0. The van der Waals surface area contributed by atoms with E-state index < -0.39 is 18.0 Å². The smallest absolute Gasteiger partial charge is 0.308 e. The molecule has 2 aliphatic rings. The Balaban J connectivity index is 1.91. The van der Waals surface area contributed by atoms with Gasteiger partial charge in [0.05, 0.1) is 12.0 Å². The third kappa shape index (κ3) is 4.45. The largest absolute Gasteiger partial charge is 0.481 e. The zero-order valence-electron chi connectivity index (χ0n) is 13.8. The lowest BCUT2D eigenvalue weighted by Crippen LogP contribution is -2.48. The van der Waals surface area contributed by atoms with Crippen LogP contribution in [-0.4, -0.2) is 47.2 Å². The highest BCUT2D eigenvalue weighted by molar-refractivity contribution is 5.82. The molecule has 0 radical (unpaired) electrons. The molecule has 0 bridgehead atoms. The van der Waals surface area contributed by atoms with Gasteiger partial charge >= 0.3 is 5.97 Å². The summed E-state index contributed by atoms with van der Waals surface area (Å²) in [6.45, 7) is 5.19. The van der Waals surface area contributed by atoms with Crippen LogP contribution < -0.4 is 0 Å². The first-order chi connectivity index (χ1) is 10.5. The molecule has 4 atom stereocenters. The summed E-state index contributed by atoms with van der Waals surface area (Å²) in [5, 5.41) is 9.15. The van der Waals surface area contributed by atoms with E-state index >= 15 is 0 Å². The van der Waals surface area contributed by atoms with Crippen LogP contribution in [-0.2, 0) is 14.3 Å². The van der Waals surface area contributed by atoms with Gasteiger partial charge in [0.2, 0.25) is 0 Å². The lowest BCUT2D eigenvalue weighted by molar-refractivity contribution is -0.154. The van der Waals surface area contributed by atoms with E-state index in [2.05, 4.69) is 6.92 Å². The zero-order chi connectivity index (χ0) is 16.1. The number of piperidine rings is 1. The van der Waals surface area contributed by atoms with Crippen molar-refractivity contribution in [2.45, 2.75) is 71.0 Å². The van der Waals surface area contributed by atoms with Crippen LogP contribution in [0.2, 0.25) is 0 Å². The van der Waals surface area contributed by atoms with Crippen molar-refractivity contribution in [3.63, 3.8) is 0 Å². The summed E-state index contributed by atoms with van der Waals surface area (Å²) in [6.07, 6.45) is 6.32. The molecular weight excluding hydrogens is 282 g/mol. The SMILES string of the molecule is CCC(OC1CCCC(C)C1)C(=O)N1CCC[C@H](C(=O)O)C1. The third-order valence-corrected chi connectivity index (χ3v) is 4.97. The van der Waals surface area contributed by atoms with Gasteiger partial charge in [0.15, 0.2) is 0 Å². The molecule has 1 aliphatic heterocycles. The minimum atomic E-state index is -0.799. The van der Waals surface area contributed by atoms with E-state index in [0.29, 0.717) is 31.8 Å². The van der Waals surface area contributed by atoms with Crippen molar-refractivity contribution in [1.82, 2.24) is 4.90 Å². The molecule has 0 aromatic carbocycles. The van der Waals surface area contributed by atoms with E-state index in [1.54, 1.807) is 4.90 Å². The molecule has 126 valence electrons. The van der Waals surface area contributed by atoms with Gasteiger partial charge in [-0.2, -0.15) is 0 Å². The Labute approximate surface area is 133 Å². The molecule has 1 N–H and O–H groups in total. The second-order valence-electron chi connectivity index (χ2n) is 6.89. The van der Waals surface area contributed by atoms with Crippen LogP contribution in [0.25, 0.3) is 0 Å². The average Bonchev–Trinajstić information content (AvgIpc) is 2.52. The van der Waals surface area contributed by atoms with Gasteiger partial charge in [-0.3, -0.25) is 9.59 Å². The highest BCUT2D eigenvalue weighted by atomic mass is 16.5. The van der Waals surface area contributed by atoms with E-state index in [0.717, 1.165) is 19.3 Å². The molecule has 0 aromatic rings. The van der Waals surface area contributed by atoms with Crippen LogP contribution in [0.5, 0.6) is 0 Å². The molecule has 1 saturated heterocycles. The Morgan fingerprint density at radius 1 is 1.27 bits per heavy atom. The van der Waals surface area contributed by atoms with Gasteiger partial charge < -0.3 is 14.7 Å². The maximum absolute atomic E-state index is 12.7. The number of carboxylic acids is 1. The highest BCUT2D eigenvalue weighted by Gasteiger charge is 2.33. The number of ether oxygens (including phenoxy) is 1. The topological polar surface area (TPSA) is 66.8 Å². The number of likely N-dealkylation sites (tertiary alicyclic amines) is 1. The summed E-state index contributed by atoms with van der Waals surface area (Å²) in [6, 6.07) is 0. The van der Waals surface area contributed by atoms with Crippen molar-refractivity contribution in [3.8, 4) is 0 Å². The summed E-state index contributed by atoms with van der Waals surface area (Å²) in [7, 11) is 0. The Bertz CT molecular complexity index is 398. The Kier molecular flexibility index (Phi) is 6.24. The summed E-state index contributed by atoms with van der Waals surface area (Å²) < 4.78 is 6.08. The molecule has 0 aromatic heterocycles. The number of nitrogens with zero attached hydrogens (tertiary/aromatic N) is 1. The minimum absolute atomic E-state index is 0.0216. The Hall–Kier alpha value is -1.10. The van der Waals surface area contributed by atoms with Crippen molar-refractivity contribution in [1.29, 1.82) is 0 Å². The maximum atomic E-state index is 12.7. The highest BCUT2D eigenvalue weighted by Crippen LogP contribution is 2.28. The average molecular weight is 311 g/mol. The molecule has 3 unspecified atom stereocenters. The molecule has 5 nitrogen and oxygen atoms in total. The predicted octanol–water partition coefficient (Wildman–Crippen LogP) is 2.68. The van der Waals surface area contributed by atoms with Crippen molar-refractivity contribution >= 4 is 11.9 Å². The first-order valence-corrected chi connectivity index (χ1v) is 8.68. The maximum Gasteiger partial charge on any atom is 0.308 e. The first kappa shape index (κ1) is 17.3. The first-order valence-electron chi connectivity index (χ1n) is 8.68. The summed E-state index contributed by atoms with van der Waals surface area (Å²) in [5.74, 6) is -0.582. The van der Waals surface area contributed by atoms with E-state index in [1.165, 1.54) is 12.8 Å². The Morgan fingerprint density at radius 2 is 2.05 bits per heavy atom. The van der Waals surface area contributed by atoms with Crippen molar-refractivity contribution in [2.75, 3.05) is 13.1 Å². The standard InChI is InChI=1S/C17H29NO4/c1-3-15(22-14-8-4-6-12(2)10-14)16(19)18-9-5-7-13(11-18)17(20)21/h12-15H,3-11H2,1-2H3,(H,20,21)/t12?,13-,14?,15?/m0/s1. The molecule has 2 rings (SSSR count). The number of amides is 1. The molecule has 1 amide bonds. The van der Waals surface area contributed by atoms with E-state index in [9.17, 15) is 9.59 Å². The van der Waals surface area contributed by atoms with Gasteiger partial charge in [-0.1, -0.05) is 26.7 Å². The van der Waals surface area contributed by atoms with E-state index in [4.69, 9.17) is 9.84 Å². The van der Waals surface area contributed by atoms with Crippen LogP contribution in [0.1, 0.15) is 58.8 Å². The number of carbonyl (C=O) groups is 2.